The highest BCUT2D eigenvalue weighted by Gasteiger charge is 2.54. The molecule has 2 saturated heterocycles. The number of likely N-dealkylation sites (tertiary alicyclic amines) is 2. The van der Waals surface area contributed by atoms with Gasteiger partial charge in [-0.15, -0.1) is 0 Å². The van der Waals surface area contributed by atoms with E-state index in [-0.39, 0.29) is 19.0 Å². The van der Waals surface area contributed by atoms with Crippen molar-refractivity contribution in [2.45, 2.75) is 38.7 Å². The molecule has 148 valence electrons. The summed E-state index contributed by atoms with van der Waals surface area (Å²) < 4.78 is 29.0. The number of nitro groups is 1. The van der Waals surface area contributed by atoms with Crippen molar-refractivity contribution in [3.05, 3.63) is 33.9 Å². The molecule has 3 rings (SSSR count). The first-order valence-electron chi connectivity index (χ1n) is 9.02. The van der Waals surface area contributed by atoms with Gasteiger partial charge < -0.3 is 10.0 Å². The van der Waals surface area contributed by atoms with Gasteiger partial charge in [-0.1, -0.05) is 6.07 Å². The van der Waals surface area contributed by atoms with Crippen LogP contribution in [0.2, 0.25) is 0 Å². The van der Waals surface area contributed by atoms with Crippen LogP contribution in [0, 0.1) is 15.5 Å². The molecule has 0 bridgehead atoms. The summed E-state index contributed by atoms with van der Waals surface area (Å²) >= 11 is 0. The number of hydrogen-bond donors (Lipinski definition) is 1. The van der Waals surface area contributed by atoms with Crippen LogP contribution in [0.25, 0.3) is 0 Å². The van der Waals surface area contributed by atoms with Crippen LogP contribution >= 0.6 is 0 Å². The summed E-state index contributed by atoms with van der Waals surface area (Å²) in [6, 6.07) is 3.86. The van der Waals surface area contributed by atoms with Gasteiger partial charge in [0.15, 0.2) is 5.75 Å². The number of halogens is 2. The number of carbonyl (C=O) groups is 1. The lowest BCUT2D eigenvalue weighted by Gasteiger charge is -2.49. The predicted molar refractivity (Wildman–Crippen MR) is 93.5 cm³/mol. The van der Waals surface area contributed by atoms with Crippen LogP contribution in [-0.2, 0) is 11.3 Å². The molecule has 0 radical (unpaired) electrons. The molecule has 2 aliphatic heterocycles. The first kappa shape index (κ1) is 19.5. The second-order valence-corrected chi connectivity index (χ2v) is 7.53. The van der Waals surface area contributed by atoms with Crippen LogP contribution in [0.1, 0.15) is 31.7 Å². The fraction of sp³-hybridized carbons (Fsp3) is 0.611. The van der Waals surface area contributed by atoms with E-state index >= 15 is 0 Å². The summed E-state index contributed by atoms with van der Waals surface area (Å²) in [4.78, 5) is 26.3. The molecule has 27 heavy (non-hydrogen) atoms. The second-order valence-electron chi connectivity index (χ2n) is 7.53. The Kier molecular flexibility index (Phi) is 5.07. The van der Waals surface area contributed by atoms with E-state index < -0.39 is 40.7 Å². The van der Waals surface area contributed by atoms with Gasteiger partial charge in [0.2, 0.25) is 5.91 Å². The molecule has 1 aromatic rings. The maximum absolute atomic E-state index is 14.5. The summed E-state index contributed by atoms with van der Waals surface area (Å²) in [5.41, 5.74) is -1.13. The lowest BCUT2D eigenvalue weighted by atomic mass is 9.71. The lowest BCUT2D eigenvalue weighted by molar-refractivity contribution is -0.385. The number of nitro benzene ring substituents is 1. The Balaban J connectivity index is 1.85. The number of phenolic OH excluding ortho intramolecular Hbond substituents is 1. The summed E-state index contributed by atoms with van der Waals surface area (Å²) in [5.74, 6) is -3.70. The minimum absolute atomic E-state index is 0.0534. The summed E-state index contributed by atoms with van der Waals surface area (Å²) in [7, 11) is 0. The number of benzene rings is 1. The zero-order valence-corrected chi connectivity index (χ0v) is 15.2. The van der Waals surface area contributed by atoms with Crippen molar-refractivity contribution in [1.82, 2.24) is 9.80 Å². The zero-order valence-electron chi connectivity index (χ0n) is 15.2. The molecule has 1 atom stereocenters. The van der Waals surface area contributed by atoms with E-state index in [0.29, 0.717) is 31.5 Å². The molecular weight excluding hydrogens is 360 g/mol. The summed E-state index contributed by atoms with van der Waals surface area (Å²) in [6.07, 6.45) is 0.653. The molecule has 0 unspecified atom stereocenters. The molecule has 9 heteroatoms. The maximum atomic E-state index is 14.5. The van der Waals surface area contributed by atoms with Gasteiger partial charge in [-0.3, -0.25) is 19.8 Å². The molecule has 7 nitrogen and oxygen atoms in total. The van der Waals surface area contributed by atoms with Gasteiger partial charge in [-0.05, 0) is 31.4 Å². The highest BCUT2D eigenvalue weighted by molar-refractivity contribution is 5.84. The van der Waals surface area contributed by atoms with Gasteiger partial charge in [0.1, 0.15) is 0 Å². The van der Waals surface area contributed by atoms with Crippen molar-refractivity contribution in [2.75, 3.05) is 26.2 Å². The predicted octanol–water partition coefficient (Wildman–Crippen LogP) is 2.77. The molecular formula is C18H23F2N3O4. The highest BCUT2D eigenvalue weighted by Crippen LogP contribution is 2.45. The van der Waals surface area contributed by atoms with Crippen molar-refractivity contribution in [3.63, 3.8) is 0 Å². The number of alkyl halides is 2. The van der Waals surface area contributed by atoms with E-state index in [1.807, 2.05) is 6.92 Å². The topological polar surface area (TPSA) is 86.9 Å². The monoisotopic (exact) mass is 383 g/mol. The van der Waals surface area contributed by atoms with Gasteiger partial charge in [-0.25, -0.2) is 8.78 Å². The van der Waals surface area contributed by atoms with Crippen molar-refractivity contribution in [2.24, 2.45) is 5.41 Å². The van der Waals surface area contributed by atoms with E-state index in [4.69, 9.17) is 0 Å². The number of nitrogens with zero attached hydrogens (tertiary/aromatic N) is 3. The fourth-order valence-corrected chi connectivity index (χ4v) is 4.37. The average molecular weight is 383 g/mol. The van der Waals surface area contributed by atoms with Gasteiger partial charge in [0, 0.05) is 38.7 Å². The molecule has 1 aromatic carbocycles. The molecule has 1 spiro atoms. The van der Waals surface area contributed by atoms with Gasteiger partial charge in [-0.2, -0.15) is 0 Å². The third kappa shape index (κ3) is 3.87. The number of phenols is 1. The van der Waals surface area contributed by atoms with Gasteiger partial charge >= 0.3 is 5.69 Å². The molecule has 2 heterocycles. The Morgan fingerprint density at radius 2 is 2.07 bits per heavy atom. The first-order valence-corrected chi connectivity index (χ1v) is 9.02. The molecule has 2 fully saturated rings. The second kappa shape index (κ2) is 7.03. The summed E-state index contributed by atoms with van der Waals surface area (Å²) in [5, 5.41) is 20.5. The minimum atomic E-state index is -3.01. The number of rotatable bonds is 4. The standard InChI is InChI=1S/C18H23F2N3O4/c1-2-22-7-3-6-17(16(22)25)10-18(19,20)12-21(11-17)9-13-4-5-15(24)14(8-13)23(26)27/h4-5,8,24H,2-3,6-7,9-12H2,1H3/t17-/m1/s1. The molecule has 2 aliphatic rings. The Hall–Kier alpha value is -2.29. The number of piperidine rings is 2. The van der Waals surface area contributed by atoms with E-state index in [0.717, 1.165) is 0 Å². The Labute approximate surface area is 155 Å². The Bertz CT molecular complexity index is 758. The molecule has 0 aliphatic carbocycles. The van der Waals surface area contributed by atoms with E-state index in [2.05, 4.69) is 0 Å². The van der Waals surface area contributed by atoms with Gasteiger partial charge in [0.05, 0.1) is 16.9 Å². The average Bonchev–Trinajstić information content (AvgIpc) is 2.57. The Morgan fingerprint density at radius 3 is 2.74 bits per heavy atom. The number of aromatic hydroxyl groups is 1. The van der Waals surface area contributed by atoms with Crippen LogP contribution in [0.4, 0.5) is 14.5 Å². The number of carbonyl (C=O) groups excluding carboxylic acids is 1. The smallest absolute Gasteiger partial charge is 0.311 e. The van der Waals surface area contributed by atoms with Crippen LogP contribution in [-0.4, -0.2) is 57.8 Å². The van der Waals surface area contributed by atoms with E-state index in [1.54, 1.807) is 4.90 Å². The molecule has 0 aromatic heterocycles. The van der Waals surface area contributed by atoms with Crippen molar-refractivity contribution >= 4 is 11.6 Å². The number of hydrogen-bond acceptors (Lipinski definition) is 5. The quantitative estimate of drug-likeness (QED) is 0.638. The Morgan fingerprint density at radius 1 is 1.33 bits per heavy atom. The first-order chi connectivity index (χ1) is 12.7. The number of amides is 1. The van der Waals surface area contributed by atoms with Crippen LogP contribution in [0.3, 0.4) is 0 Å². The lowest BCUT2D eigenvalue weighted by Crippen LogP contribution is -2.60. The third-order valence-corrected chi connectivity index (χ3v) is 5.43. The van der Waals surface area contributed by atoms with Gasteiger partial charge in [0.25, 0.3) is 5.92 Å². The third-order valence-electron chi connectivity index (χ3n) is 5.43. The molecule has 1 N–H and O–H groups in total. The fourth-order valence-electron chi connectivity index (χ4n) is 4.37. The normalized spacial score (nSPS) is 25.7. The largest absolute Gasteiger partial charge is 0.502 e. The van der Waals surface area contributed by atoms with Crippen LogP contribution in [0.15, 0.2) is 18.2 Å². The van der Waals surface area contributed by atoms with Crippen molar-refractivity contribution in [1.29, 1.82) is 0 Å². The van der Waals surface area contributed by atoms with Crippen molar-refractivity contribution < 1.29 is 23.6 Å². The van der Waals surface area contributed by atoms with Crippen molar-refractivity contribution in [3.8, 4) is 5.75 Å². The minimum Gasteiger partial charge on any atom is -0.502 e. The molecule has 1 amide bonds. The SMILES string of the molecule is CCN1CCC[C@@]2(CN(Cc3ccc(O)c([N+](=O)[O-])c3)CC(F)(F)C2)C1=O. The van der Waals surface area contributed by atoms with Crippen LogP contribution in [0.5, 0.6) is 5.75 Å². The molecule has 0 saturated carbocycles. The van der Waals surface area contributed by atoms with E-state index in [1.165, 1.54) is 23.1 Å². The van der Waals surface area contributed by atoms with Crippen LogP contribution < -0.4 is 0 Å². The summed E-state index contributed by atoms with van der Waals surface area (Å²) in [6.45, 7) is 2.68. The maximum Gasteiger partial charge on any atom is 0.311 e. The van der Waals surface area contributed by atoms with E-state index in [9.17, 15) is 28.8 Å². The highest BCUT2D eigenvalue weighted by atomic mass is 19.3. The zero-order chi connectivity index (χ0) is 19.8.